The first kappa shape index (κ1) is 19.9. The largest absolute Gasteiger partial charge is 0.356 e. The monoisotopic (exact) mass is 373 g/mol. The SMILES string of the molecule is CN=C(NCC(=O)N(C)CCc1ccccn1)NCC(C)c1ccsc1. The van der Waals surface area contributed by atoms with E-state index in [1.165, 1.54) is 5.56 Å². The van der Waals surface area contributed by atoms with Crippen molar-refractivity contribution in [3.63, 3.8) is 0 Å². The van der Waals surface area contributed by atoms with Gasteiger partial charge in [0.1, 0.15) is 0 Å². The number of nitrogens with one attached hydrogen (secondary N) is 2. The molecule has 0 bridgehead atoms. The summed E-state index contributed by atoms with van der Waals surface area (Å²) in [7, 11) is 3.52. The molecule has 6 nitrogen and oxygen atoms in total. The molecule has 2 aromatic heterocycles. The number of hydrogen-bond acceptors (Lipinski definition) is 4. The summed E-state index contributed by atoms with van der Waals surface area (Å²) in [6.45, 7) is 3.78. The fourth-order valence-corrected chi connectivity index (χ4v) is 3.17. The maximum Gasteiger partial charge on any atom is 0.241 e. The Hall–Kier alpha value is -2.41. The molecule has 2 heterocycles. The molecular weight excluding hydrogens is 346 g/mol. The van der Waals surface area contributed by atoms with Crippen molar-refractivity contribution in [2.45, 2.75) is 19.3 Å². The van der Waals surface area contributed by atoms with E-state index in [1.54, 1.807) is 29.5 Å². The van der Waals surface area contributed by atoms with E-state index in [1.807, 2.05) is 25.2 Å². The van der Waals surface area contributed by atoms with E-state index < -0.39 is 0 Å². The number of carbonyl (C=O) groups excluding carboxylic acids is 1. The number of aromatic nitrogens is 1. The molecule has 0 saturated heterocycles. The summed E-state index contributed by atoms with van der Waals surface area (Å²) in [4.78, 5) is 22.4. The number of amides is 1. The standard InChI is InChI=1S/C19H27N5OS/c1-15(16-8-11-26-14-16)12-22-19(20-2)23-13-18(25)24(3)10-7-17-6-4-5-9-21-17/h4-6,8-9,11,14-15H,7,10,12-13H2,1-3H3,(H2,20,22,23). The molecular formula is C19H27N5OS. The van der Waals surface area contributed by atoms with Gasteiger partial charge in [0.15, 0.2) is 5.96 Å². The number of aliphatic imine (C=N–C) groups is 1. The molecule has 0 aliphatic heterocycles. The summed E-state index contributed by atoms with van der Waals surface area (Å²) in [5.74, 6) is 1.05. The lowest BCUT2D eigenvalue weighted by Gasteiger charge is -2.19. The molecule has 0 spiro atoms. The van der Waals surface area contributed by atoms with Gasteiger partial charge in [-0.1, -0.05) is 13.0 Å². The van der Waals surface area contributed by atoms with Gasteiger partial charge in [0.2, 0.25) is 5.91 Å². The Labute approximate surface area is 159 Å². The van der Waals surface area contributed by atoms with E-state index in [-0.39, 0.29) is 12.5 Å². The van der Waals surface area contributed by atoms with Crippen LogP contribution in [0.4, 0.5) is 0 Å². The van der Waals surface area contributed by atoms with E-state index >= 15 is 0 Å². The molecule has 2 aromatic rings. The lowest BCUT2D eigenvalue weighted by molar-refractivity contribution is -0.128. The molecule has 0 aliphatic rings. The second-order valence-electron chi connectivity index (χ2n) is 6.15. The first-order valence-electron chi connectivity index (χ1n) is 8.70. The third-order valence-electron chi connectivity index (χ3n) is 4.17. The van der Waals surface area contributed by atoms with Crippen molar-refractivity contribution < 1.29 is 4.79 Å². The minimum absolute atomic E-state index is 0.0229. The van der Waals surface area contributed by atoms with E-state index in [9.17, 15) is 4.79 Å². The zero-order chi connectivity index (χ0) is 18.8. The summed E-state index contributed by atoms with van der Waals surface area (Å²) in [5.41, 5.74) is 2.29. The van der Waals surface area contributed by atoms with Gasteiger partial charge in [0.25, 0.3) is 0 Å². The van der Waals surface area contributed by atoms with Crippen LogP contribution in [0, 0.1) is 0 Å². The van der Waals surface area contributed by atoms with Crippen LogP contribution in [0.1, 0.15) is 24.1 Å². The molecule has 0 aliphatic carbocycles. The maximum absolute atomic E-state index is 12.3. The first-order valence-corrected chi connectivity index (χ1v) is 9.65. The van der Waals surface area contributed by atoms with E-state index in [4.69, 9.17) is 0 Å². The Morgan fingerprint density at radius 2 is 2.19 bits per heavy atom. The highest BCUT2D eigenvalue weighted by Crippen LogP contribution is 2.16. The quantitative estimate of drug-likeness (QED) is 0.549. The van der Waals surface area contributed by atoms with E-state index in [0.717, 1.165) is 18.7 Å². The number of likely N-dealkylation sites (N-methyl/N-ethyl adjacent to an activating group) is 1. The third kappa shape index (κ3) is 6.48. The molecule has 0 radical (unpaired) electrons. The predicted molar refractivity (Wildman–Crippen MR) is 108 cm³/mol. The lowest BCUT2D eigenvalue weighted by atomic mass is 10.1. The van der Waals surface area contributed by atoms with Crippen LogP contribution in [0.3, 0.4) is 0 Å². The van der Waals surface area contributed by atoms with Crippen molar-refractivity contribution in [3.05, 3.63) is 52.5 Å². The van der Waals surface area contributed by atoms with Gasteiger partial charge >= 0.3 is 0 Å². The predicted octanol–water partition coefficient (Wildman–Crippen LogP) is 2.11. The minimum atomic E-state index is 0.0229. The van der Waals surface area contributed by atoms with Crippen molar-refractivity contribution in [3.8, 4) is 0 Å². The highest BCUT2D eigenvalue weighted by atomic mass is 32.1. The molecule has 1 amide bonds. The van der Waals surface area contributed by atoms with Crippen molar-refractivity contribution in [1.82, 2.24) is 20.5 Å². The Bertz CT molecular complexity index is 687. The van der Waals surface area contributed by atoms with Crippen LogP contribution >= 0.6 is 11.3 Å². The second kappa shape index (κ2) is 10.6. The molecule has 26 heavy (non-hydrogen) atoms. The van der Waals surface area contributed by atoms with Gasteiger partial charge in [-0.25, -0.2) is 0 Å². The Morgan fingerprint density at radius 3 is 2.85 bits per heavy atom. The zero-order valence-electron chi connectivity index (χ0n) is 15.6. The average molecular weight is 374 g/mol. The fourth-order valence-electron chi connectivity index (χ4n) is 2.39. The van der Waals surface area contributed by atoms with Crippen molar-refractivity contribution >= 4 is 23.2 Å². The van der Waals surface area contributed by atoms with Crippen molar-refractivity contribution in [2.24, 2.45) is 4.99 Å². The van der Waals surface area contributed by atoms with Crippen LogP contribution in [-0.4, -0.2) is 55.5 Å². The molecule has 140 valence electrons. The number of guanidine groups is 1. The Kier molecular flexibility index (Phi) is 8.08. The van der Waals surface area contributed by atoms with Crippen LogP contribution in [-0.2, 0) is 11.2 Å². The molecule has 1 atom stereocenters. The van der Waals surface area contributed by atoms with Gasteiger partial charge in [-0.15, -0.1) is 0 Å². The van der Waals surface area contributed by atoms with Crippen LogP contribution < -0.4 is 10.6 Å². The number of carbonyl (C=O) groups is 1. The topological polar surface area (TPSA) is 69.6 Å². The molecule has 0 aromatic carbocycles. The summed E-state index contributed by atoms with van der Waals surface area (Å²) < 4.78 is 0. The van der Waals surface area contributed by atoms with Gasteiger partial charge < -0.3 is 15.5 Å². The number of nitrogens with zero attached hydrogens (tertiary/aromatic N) is 3. The molecule has 2 rings (SSSR count). The third-order valence-corrected chi connectivity index (χ3v) is 4.88. The van der Waals surface area contributed by atoms with Crippen LogP contribution in [0.5, 0.6) is 0 Å². The number of hydrogen-bond donors (Lipinski definition) is 2. The number of rotatable bonds is 8. The minimum Gasteiger partial charge on any atom is -0.356 e. The second-order valence-corrected chi connectivity index (χ2v) is 6.93. The van der Waals surface area contributed by atoms with Crippen LogP contribution in [0.2, 0.25) is 0 Å². The van der Waals surface area contributed by atoms with Gasteiger partial charge in [-0.2, -0.15) is 11.3 Å². The summed E-state index contributed by atoms with van der Waals surface area (Å²) >= 11 is 1.70. The number of pyridine rings is 1. The molecule has 2 N–H and O–H groups in total. The van der Waals surface area contributed by atoms with Gasteiger partial charge in [-0.3, -0.25) is 14.8 Å². The smallest absolute Gasteiger partial charge is 0.241 e. The molecule has 7 heteroatoms. The zero-order valence-corrected chi connectivity index (χ0v) is 16.4. The molecule has 0 saturated carbocycles. The van der Waals surface area contributed by atoms with Crippen LogP contribution in [0.15, 0.2) is 46.2 Å². The average Bonchev–Trinajstić information content (AvgIpc) is 3.21. The maximum atomic E-state index is 12.3. The van der Waals surface area contributed by atoms with Crippen molar-refractivity contribution in [2.75, 3.05) is 33.7 Å². The summed E-state index contributed by atoms with van der Waals surface area (Å²) in [6.07, 6.45) is 2.51. The summed E-state index contributed by atoms with van der Waals surface area (Å²) in [6, 6.07) is 7.95. The molecule has 1 unspecified atom stereocenters. The van der Waals surface area contributed by atoms with E-state index in [2.05, 4.69) is 44.4 Å². The van der Waals surface area contributed by atoms with Gasteiger partial charge in [0, 0.05) is 45.5 Å². The lowest BCUT2D eigenvalue weighted by Crippen LogP contribution is -2.44. The Morgan fingerprint density at radius 1 is 1.35 bits per heavy atom. The first-order chi connectivity index (χ1) is 12.6. The van der Waals surface area contributed by atoms with Crippen LogP contribution in [0.25, 0.3) is 0 Å². The van der Waals surface area contributed by atoms with E-state index in [0.29, 0.717) is 18.4 Å². The summed E-state index contributed by atoms with van der Waals surface area (Å²) in [5, 5.41) is 10.6. The number of thiophene rings is 1. The van der Waals surface area contributed by atoms with Gasteiger partial charge in [-0.05, 0) is 40.4 Å². The highest BCUT2D eigenvalue weighted by Gasteiger charge is 2.11. The Balaban J connectivity index is 1.70. The normalized spacial score (nSPS) is 12.5. The highest BCUT2D eigenvalue weighted by molar-refractivity contribution is 7.07. The van der Waals surface area contributed by atoms with Gasteiger partial charge in [0.05, 0.1) is 6.54 Å². The van der Waals surface area contributed by atoms with Crippen molar-refractivity contribution in [1.29, 1.82) is 0 Å². The molecule has 0 fully saturated rings. The fraction of sp³-hybridized carbons (Fsp3) is 0.421.